The van der Waals surface area contributed by atoms with E-state index in [0.717, 1.165) is 25.7 Å². The summed E-state index contributed by atoms with van der Waals surface area (Å²) in [6.07, 6.45) is 3.67. The van der Waals surface area contributed by atoms with Gasteiger partial charge < -0.3 is 4.74 Å². The van der Waals surface area contributed by atoms with Crippen LogP contribution in [0.4, 0.5) is 0 Å². The number of hydrogen-bond acceptors (Lipinski definition) is 3. The van der Waals surface area contributed by atoms with Crippen LogP contribution >= 0.6 is 15.9 Å². The minimum atomic E-state index is -3.14. The van der Waals surface area contributed by atoms with Gasteiger partial charge in [0.2, 0.25) is 10.0 Å². The van der Waals surface area contributed by atoms with Crippen molar-refractivity contribution in [3.63, 3.8) is 0 Å². The Hall–Kier alpha value is 0.350. The quantitative estimate of drug-likeness (QED) is 0.740. The summed E-state index contributed by atoms with van der Waals surface area (Å²) in [7, 11) is -3.14. The van der Waals surface area contributed by atoms with E-state index in [1.54, 1.807) is 4.31 Å². The summed E-state index contributed by atoms with van der Waals surface area (Å²) in [5.41, 5.74) is -0.400. The van der Waals surface area contributed by atoms with Crippen molar-refractivity contribution in [3.05, 3.63) is 0 Å². The molecule has 106 valence electrons. The van der Waals surface area contributed by atoms with Crippen LogP contribution in [-0.4, -0.2) is 48.1 Å². The van der Waals surface area contributed by atoms with Crippen molar-refractivity contribution < 1.29 is 13.2 Å². The first-order valence-electron chi connectivity index (χ1n) is 6.58. The van der Waals surface area contributed by atoms with Crippen molar-refractivity contribution in [2.75, 3.05) is 18.4 Å². The van der Waals surface area contributed by atoms with E-state index in [2.05, 4.69) is 15.9 Å². The highest BCUT2D eigenvalue weighted by molar-refractivity contribution is 9.09. The summed E-state index contributed by atoms with van der Waals surface area (Å²) in [6, 6.07) is 0. The van der Waals surface area contributed by atoms with Gasteiger partial charge in [0, 0.05) is 18.4 Å². The van der Waals surface area contributed by atoms with Crippen LogP contribution in [0.2, 0.25) is 0 Å². The van der Waals surface area contributed by atoms with Gasteiger partial charge in [0.1, 0.15) is 0 Å². The Morgan fingerprint density at radius 3 is 2.50 bits per heavy atom. The Morgan fingerprint density at radius 1 is 1.33 bits per heavy atom. The number of ether oxygens (including phenoxy) is 1. The van der Waals surface area contributed by atoms with Crippen LogP contribution in [0.5, 0.6) is 0 Å². The first-order valence-corrected chi connectivity index (χ1v) is 9.20. The molecular formula is C12H22BrNO3S. The molecule has 18 heavy (non-hydrogen) atoms. The van der Waals surface area contributed by atoms with Crippen molar-refractivity contribution in [2.45, 2.75) is 56.5 Å². The molecule has 6 heteroatoms. The minimum absolute atomic E-state index is 0.0510. The molecule has 0 bridgehead atoms. The molecule has 1 unspecified atom stereocenters. The average molecular weight is 340 g/mol. The van der Waals surface area contributed by atoms with Gasteiger partial charge in [-0.05, 0) is 26.7 Å². The average Bonchev–Trinajstić information content (AvgIpc) is 2.80. The SMILES string of the molecule is CC1(C)CN(S(=O)(=O)C2CCCC2)CC(CBr)O1. The Kier molecular flexibility index (Phi) is 4.41. The second kappa shape index (κ2) is 5.38. The summed E-state index contributed by atoms with van der Waals surface area (Å²) in [6.45, 7) is 4.86. The molecule has 0 radical (unpaired) electrons. The lowest BCUT2D eigenvalue weighted by atomic mass is 10.1. The molecule has 0 N–H and O–H groups in total. The van der Waals surface area contributed by atoms with Crippen molar-refractivity contribution in [2.24, 2.45) is 0 Å². The van der Waals surface area contributed by atoms with Crippen LogP contribution in [-0.2, 0) is 14.8 Å². The highest BCUT2D eigenvalue weighted by Crippen LogP contribution is 2.31. The first-order chi connectivity index (χ1) is 8.35. The summed E-state index contributed by atoms with van der Waals surface area (Å²) in [5, 5.41) is 0.509. The fourth-order valence-electron chi connectivity index (χ4n) is 2.91. The Balaban J connectivity index is 2.15. The Morgan fingerprint density at radius 2 is 1.94 bits per heavy atom. The van der Waals surface area contributed by atoms with E-state index >= 15 is 0 Å². The molecular weight excluding hydrogens is 318 g/mol. The van der Waals surface area contributed by atoms with Gasteiger partial charge in [-0.2, -0.15) is 4.31 Å². The van der Waals surface area contributed by atoms with Crippen LogP contribution in [0.3, 0.4) is 0 Å². The van der Waals surface area contributed by atoms with E-state index in [4.69, 9.17) is 4.74 Å². The summed E-state index contributed by atoms with van der Waals surface area (Å²) >= 11 is 3.39. The number of sulfonamides is 1. The van der Waals surface area contributed by atoms with Crippen LogP contribution in [0.25, 0.3) is 0 Å². The van der Waals surface area contributed by atoms with Gasteiger partial charge in [-0.3, -0.25) is 0 Å². The third-order valence-corrected chi connectivity index (χ3v) is 6.74. The highest BCUT2D eigenvalue weighted by Gasteiger charge is 2.42. The zero-order valence-corrected chi connectivity index (χ0v) is 13.5. The maximum Gasteiger partial charge on any atom is 0.217 e. The zero-order valence-electron chi connectivity index (χ0n) is 11.1. The maximum atomic E-state index is 12.6. The van der Waals surface area contributed by atoms with Gasteiger partial charge in [0.25, 0.3) is 0 Å². The lowest BCUT2D eigenvalue weighted by Gasteiger charge is -2.42. The largest absolute Gasteiger partial charge is 0.369 e. The number of nitrogens with zero attached hydrogens (tertiary/aromatic N) is 1. The first kappa shape index (κ1) is 14.8. The molecule has 0 aromatic heterocycles. The molecule has 1 aliphatic heterocycles. The smallest absolute Gasteiger partial charge is 0.217 e. The molecule has 2 fully saturated rings. The van der Waals surface area contributed by atoms with E-state index in [-0.39, 0.29) is 11.4 Å². The fraction of sp³-hybridized carbons (Fsp3) is 1.00. The van der Waals surface area contributed by atoms with E-state index in [9.17, 15) is 8.42 Å². The number of halogens is 1. The van der Waals surface area contributed by atoms with Gasteiger partial charge in [0.15, 0.2) is 0 Å². The summed E-state index contributed by atoms with van der Waals surface area (Å²) < 4.78 is 32.7. The van der Waals surface area contributed by atoms with Crippen LogP contribution in [0, 0.1) is 0 Å². The van der Waals surface area contributed by atoms with Crippen LogP contribution in [0.1, 0.15) is 39.5 Å². The molecule has 2 rings (SSSR count). The predicted molar refractivity (Wildman–Crippen MR) is 75.5 cm³/mol. The van der Waals surface area contributed by atoms with Gasteiger partial charge in [-0.1, -0.05) is 28.8 Å². The van der Waals surface area contributed by atoms with E-state index in [1.165, 1.54) is 0 Å². The van der Waals surface area contributed by atoms with Gasteiger partial charge in [-0.15, -0.1) is 0 Å². The van der Waals surface area contributed by atoms with Crippen molar-refractivity contribution in [3.8, 4) is 0 Å². The van der Waals surface area contributed by atoms with Gasteiger partial charge in [0.05, 0.1) is 17.0 Å². The highest BCUT2D eigenvalue weighted by atomic mass is 79.9. The molecule has 1 aliphatic carbocycles. The molecule has 4 nitrogen and oxygen atoms in total. The number of rotatable bonds is 3. The Labute approximate surface area is 118 Å². The lowest BCUT2D eigenvalue weighted by molar-refractivity contribution is -0.107. The number of morpholine rings is 1. The maximum absolute atomic E-state index is 12.6. The fourth-order valence-corrected chi connectivity index (χ4v) is 5.47. The molecule has 0 aromatic rings. The zero-order chi connectivity index (χ0) is 13.4. The molecule has 0 aromatic carbocycles. The monoisotopic (exact) mass is 339 g/mol. The van der Waals surface area contributed by atoms with Crippen LogP contribution in [0.15, 0.2) is 0 Å². The minimum Gasteiger partial charge on any atom is -0.369 e. The third kappa shape index (κ3) is 3.08. The molecule has 1 atom stereocenters. The van der Waals surface area contributed by atoms with Gasteiger partial charge in [-0.25, -0.2) is 8.42 Å². The van der Waals surface area contributed by atoms with E-state index in [1.807, 2.05) is 13.8 Å². The topological polar surface area (TPSA) is 46.6 Å². The third-order valence-electron chi connectivity index (χ3n) is 3.71. The summed E-state index contributed by atoms with van der Waals surface area (Å²) in [5.74, 6) is 0. The van der Waals surface area contributed by atoms with E-state index < -0.39 is 15.6 Å². The van der Waals surface area contributed by atoms with Gasteiger partial charge >= 0.3 is 0 Å². The number of alkyl halides is 1. The Bertz CT molecular complexity index is 390. The second-order valence-electron chi connectivity index (χ2n) is 5.90. The summed E-state index contributed by atoms with van der Waals surface area (Å²) in [4.78, 5) is 0. The molecule has 0 spiro atoms. The van der Waals surface area contributed by atoms with Crippen LogP contribution < -0.4 is 0 Å². The standard InChI is InChI=1S/C12H22BrNO3S/c1-12(2)9-14(8-10(7-13)17-12)18(15,16)11-5-3-4-6-11/h10-11H,3-9H2,1-2H3. The van der Waals surface area contributed by atoms with Crippen molar-refractivity contribution in [1.82, 2.24) is 4.31 Å². The molecule has 2 aliphatic rings. The molecule has 1 heterocycles. The molecule has 1 saturated heterocycles. The van der Waals surface area contributed by atoms with Crippen molar-refractivity contribution in [1.29, 1.82) is 0 Å². The second-order valence-corrected chi connectivity index (χ2v) is 8.76. The molecule has 1 saturated carbocycles. The lowest BCUT2D eigenvalue weighted by Crippen LogP contribution is -2.56. The molecule has 0 amide bonds. The predicted octanol–water partition coefficient (Wildman–Crippen LogP) is 2.13. The number of hydrogen-bond donors (Lipinski definition) is 0. The van der Waals surface area contributed by atoms with Crippen molar-refractivity contribution >= 4 is 26.0 Å². The van der Waals surface area contributed by atoms with E-state index in [0.29, 0.717) is 18.4 Å². The normalized spacial score (nSPS) is 30.7.